The van der Waals surface area contributed by atoms with Gasteiger partial charge >= 0.3 is 0 Å². The molecule has 0 saturated carbocycles. The smallest absolute Gasteiger partial charge is 0.162 e. The van der Waals surface area contributed by atoms with Crippen molar-refractivity contribution < 1.29 is 18.9 Å². The van der Waals surface area contributed by atoms with Gasteiger partial charge in [-0.1, -0.05) is 12.1 Å². The predicted molar refractivity (Wildman–Crippen MR) is 81.4 cm³/mol. The first-order chi connectivity index (χ1) is 10.1. The van der Waals surface area contributed by atoms with Gasteiger partial charge in [-0.2, -0.15) is 0 Å². The Balaban J connectivity index is 1.81. The molecular formula is C16H25NO4. The van der Waals surface area contributed by atoms with Gasteiger partial charge in [-0.15, -0.1) is 0 Å². The van der Waals surface area contributed by atoms with Crippen molar-refractivity contribution in [1.29, 1.82) is 0 Å². The van der Waals surface area contributed by atoms with Gasteiger partial charge in [-0.3, -0.25) is 0 Å². The second-order valence-electron chi connectivity index (χ2n) is 5.61. The van der Waals surface area contributed by atoms with Crippen molar-refractivity contribution >= 4 is 5.69 Å². The Morgan fingerprint density at radius 2 is 2.00 bits per heavy atom. The molecule has 1 aliphatic rings. The Hall–Kier alpha value is -1.14. The average Bonchev–Trinajstić information content (AvgIpc) is 2.46. The van der Waals surface area contributed by atoms with Crippen LogP contribution in [0.3, 0.4) is 0 Å². The van der Waals surface area contributed by atoms with Crippen molar-refractivity contribution in [3.63, 3.8) is 0 Å². The number of benzene rings is 1. The minimum Gasteiger partial charge on any atom is -0.382 e. The molecule has 0 aliphatic carbocycles. The van der Waals surface area contributed by atoms with Gasteiger partial charge in [0.25, 0.3) is 0 Å². The van der Waals surface area contributed by atoms with Crippen molar-refractivity contribution in [2.75, 3.05) is 38.9 Å². The fraction of sp³-hybridized carbons (Fsp3) is 0.625. The topological polar surface area (TPSA) is 49.0 Å². The normalized spacial score (nSPS) is 18.6. The molecule has 0 bridgehead atoms. The summed E-state index contributed by atoms with van der Waals surface area (Å²) in [5.74, 6) is -0.477. The molecule has 5 nitrogen and oxygen atoms in total. The van der Waals surface area contributed by atoms with Crippen molar-refractivity contribution in [3.8, 4) is 0 Å². The van der Waals surface area contributed by atoms with E-state index in [2.05, 4.69) is 17.4 Å². The van der Waals surface area contributed by atoms with Crippen LogP contribution in [-0.2, 0) is 25.6 Å². The highest BCUT2D eigenvalue weighted by Gasteiger charge is 2.28. The fourth-order valence-corrected chi connectivity index (χ4v) is 2.09. The minimum atomic E-state index is -0.477. The Labute approximate surface area is 126 Å². The van der Waals surface area contributed by atoms with Gasteiger partial charge in [0.15, 0.2) is 5.79 Å². The molecule has 2 rings (SSSR count). The lowest BCUT2D eigenvalue weighted by Gasteiger charge is -2.35. The largest absolute Gasteiger partial charge is 0.382 e. The minimum absolute atomic E-state index is 0.169. The van der Waals surface area contributed by atoms with Gasteiger partial charge < -0.3 is 24.3 Å². The van der Waals surface area contributed by atoms with Crippen LogP contribution in [0.5, 0.6) is 0 Å². The van der Waals surface area contributed by atoms with Crippen molar-refractivity contribution in [2.45, 2.75) is 32.3 Å². The summed E-state index contributed by atoms with van der Waals surface area (Å²) in [6.45, 7) is 6.95. The van der Waals surface area contributed by atoms with Crippen molar-refractivity contribution in [2.24, 2.45) is 0 Å². The van der Waals surface area contributed by atoms with Crippen molar-refractivity contribution in [3.05, 3.63) is 29.8 Å². The molecule has 0 radical (unpaired) electrons. The quantitative estimate of drug-likeness (QED) is 0.783. The maximum absolute atomic E-state index is 5.65. The van der Waals surface area contributed by atoms with Gasteiger partial charge in [-0.25, -0.2) is 0 Å². The molecule has 0 unspecified atom stereocenters. The molecule has 0 spiro atoms. The third-order valence-corrected chi connectivity index (χ3v) is 3.26. The van der Waals surface area contributed by atoms with Gasteiger partial charge in [0.05, 0.1) is 39.1 Å². The zero-order valence-corrected chi connectivity index (χ0v) is 13.1. The number of hydrogen-bond acceptors (Lipinski definition) is 5. The third kappa shape index (κ3) is 5.63. The maximum Gasteiger partial charge on any atom is 0.162 e. The lowest BCUT2D eigenvalue weighted by atomic mass is 10.2. The molecule has 1 aliphatic heterocycles. The zero-order valence-electron chi connectivity index (χ0n) is 13.1. The summed E-state index contributed by atoms with van der Waals surface area (Å²) in [5, 5.41) is 3.43. The molecule has 21 heavy (non-hydrogen) atoms. The van der Waals surface area contributed by atoms with Gasteiger partial charge in [0.2, 0.25) is 0 Å². The summed E-state index contributed by atoms with van der Waals surface area (Å²) in [5.41, 5.74) is 2.19. The second kappa shape index (κ2) is 7.75. The van der Waals surface area contributed by atoms with Crippen LogP contribution in [0.2, 0.25) is 0 Å². The summed E-state index contributed by atoms with van der Waals surface area (Å²) in [6.07, 6.45) is 0. The molecule has 1 heterocycles. The van der Waals surface area contributed by atoms with Crippen LogP contribution in [0.1, 0.15) is 19.4 Å². The van der Waals surface area contributed by atoms with E-state index in [0.29, 0.717) is 33.0 Å². The van der Waals surface area contributed by atoms with E-state index in [1.54, 1.807) is 7.11 Å². The standard InChI is InChI=1S/C16H25NO4/c1-16(2)20-11-15(12-21-16)17-14-6-4-5-13(9-14)10-19-8-7-18-3/h4-6,9,15,17H,7-8,10-12H2,1-3H3. The summed E-state index contributed by atoms with van der Waals surface area (Å²) in [7, 11) is 1.67. The molecule has 1 N–H and O–H groups in total. The molecule has 1 aromatic rings. The zero-order chi connectivity index (χ0) is 15.1. The lowest BCUT2D eigenvalue weighted by Crippen LogP contribution is -2.45. The second-order valence-corrected chi connectivity index (χ2v) is 5.61. The van der Waals surface area contributed by atoms with E-state index in [1.807, 2.05) is 26.0 Å². The number of hydrogen-bond donors (Lipinski definition) is 1. The van der Waals surface area contributed by atoms with E-state index in [9.17, 15) is 0 Å². The van der Waals surface area contributed by atoms with Crippen LogP contribution in [0.4, 0.5) is 5.69 Å². The summed E-state index contributed by atoms with van der Waals surface area (Å²) in [4.78, 5) is 0. The Morgan fingerprint density at radius 1 is 1.24 bits per heavy atom. The van der Waals surface area contributed by atoms with E-state index >= 15 is 0 Å². The molecule has 0 amide bonds. The molecule has 1 fully saturated rings. The number of methoxy groups -OCH3 is 1. The third-order valence-electron chi connectivity index (χ3n) is 3.26. The highest BCUT2D eigenvalue weighted by molar-refractivity contribution is 5.46. The SMILES string of the molecule is COCCOCc1cccc(NC2COC(C)(C)OC2)c1. The molecule has 0 atom stereocenters. The first-order valence-corrected chi connectivity index (χ1v) is 7.29. The van der Waals surface area contributed by atoms with Crippen LogP contribution in [0, 0.1) is 0 Å². The molecular weight excluding hydrogens is 270 g/mol. The number of nitrogens with one attached hydrogen (secondary N) is 1. The van der Waals surface area contributed by atoms with E-state index in [0.717, 1.165) is 11.3 Å². The Bertz CT molecular complexity index is 426. The van der Waals surface area contributed by atoms with Gasteiger partial charge in [0.1, 0.15) is 0 Å². The summed E-state index contributed by atoms with van der Waals surface area (Å²) >= 11 is 0. The van der Waals surface area contributed by atoms with Gasteiger partial charge in [0, 0.05) is 12.8 Å². The molecule has 0 aromatic heterocycles. The lowest BCUT2D eigenvalue weighted by molar-refractivity contribution is -0.247. The first-order valence-electron chi connectivity index (χ1n) is 7.29. The van der Waals surface area contributed by atoms with Crippen LogP contribution in [-0.4, -0.2) is 45.4 Å². The van der Waals surface area contributed by atoms with Crippen molar-refractivity contribution in [1.82, 2.24) is 0 Å². The first kappa shape index (κ1) is 16.2. The summed E-state index contributed by atoms with van der Waals surface area (Å²) < 4.78 is 21.8. The predicted octanol–water partition coefficient (Wildman–Crippen LogP) is 2.41. The van der Waals surface area contributed by atoms with E-state index < -0.39 is 5.79 Å². The fourth-order valence-electron chi connectivity index (χ4n) is 2.09. The van der Waals surface area contributed by atoms with E-state index in [1.165, 1.54) is 0 Å². The molecule has 118 valence electrons. The van der Waals surface area contributed by atoms with Crippen LogP contribution >= 0.6 is 0 Å². The molecule has 1 saturated heterocycles. The van der Waals surface area contributed by atoms with Crippen LogP contribution in [0.25, 0.3) is 0 Å². The van der Waals surface area contributed by atoms with Crippen LogP contribution in [0.15, 0.2) is 24.3 Å². The number of ether oxygens (including phenoxy) is 4. The number of rotatable bonds is 7. The Kier molecular flexibility index (Phi) is 5.99. The summed E-state index contributed by atoms with van der Waals surface area (Å²) in [6, 6.07) is 8.37. The molecule has 5 heteroatoms. The Morgan fingerprint density at radius 3 is 2.71 bits per heavy atom. The average molecular weight is 295 g/mol. The monoisotopic (exact) mass is 295 g/mol. The van der Waals surface area contributed by atoms with Crippen LogP contribution < -0.4 is 5.32 Å². The number of anilines is 1. The maximum atomic E-state index is 5.65. The highest BCUT2D eigenvalue weighted by atomic mass is 16.7. The molecule has 1 aromatic carbocycles. The van der Waals surface area contributed by atoms with E-state index in [-0.39, 0.29) is 6.04 Å². The van der Waals surface area contributed by atoms with E-state index in [4.69, 9.17) is 18.9 Å². The van der Waals surface area contributed by atoms with Gasteiger partial charge in [-0.05, 0) is 31.5 Å². The highest BCUT2D eigenvalue weighted by Crippen LogP contribution is 2.20.